The Balaban J connectivity index is 2.14. The van der Waals surface area contributed by atoms with Crippen LogP contribution in [-0.4, -0.2) is 10.2 Å². The smallest absolute Gasteiger partial charge is 0.123 e. The van der Waals surface area contributed by atoms with Crippen LogP contribution in [0.2, 0.25) is 0 Å². The number of aryl methyl sites for hydroxylation is 1. The minimum atomic E-state index is 0.237. The van der Waals surface area contributed by atoms with E-state index in [1.165, 1.54) is 5.56 Å². The molecule has 110 valence electrons. The van der Waals surface area contributed by atoms with Crippen molar-refractivity contribution in [3.05, 3.63) is 72.3 Å². The number of hydrogen-bond acceptors (Lipinski definition) is 2. The average Bonchev–Trinajstić information content (AvgIpc) is 2.57. The Hall–Kier alpha value is -2.74. The summed E-state index contributed by atoms with van der Waals surface area (Å²) in [5, 5.41) is 20.3. The molecule has 0 amide bonds. The fourth-order valence-electron chi connectivity index (χ4n) is 2.59. The molecule has 22 heavy (non-hydrogen) atoms. The van der Waals surface area contributed by atoms with Gasteiger partial charge in [-0.3, -0.25) is 0 Å². The lowest BCUT2D eigenvalue weighted by molar-refractivity contribution is 0.475. The van der Waals surface area contributed by atoms with Crippen LogP contribution in [0, 0.1) is 0 Å². The third kappa shape index (κ3) is 2.68. The summed E-state index contributed by atoms with van der Waals surface area (Å²) < 4.78 is 0. The van der Waals surface area contributed by atoms with Gasteiger partial charge in [-0.1, -0.05) is 49.4 Å². The lowest BCUT2D eigenvalue weighted by Gasteiger charge is -2.11. The molecule has 0 radical (unpaired) electrons. The zero-order valence-corrected chi connectivity index (χ0v) is 12.5. The van der Waals surface area contributed by atoms with Gasteiger partial charge < -0.3 is 10.2 Å². The van der Waals surface area contributed by atoms with Crippen molar-refractivity contribution >= 4 is 0 Å². The number of aromatic hydroxyl groups is 2. The van der Waals surface area contributed by atoms with E-state index in [0.29, 0.717) is 0 Å². The van der Waals surface area contributed by atoms with Crippen molar-refractivity contribution in [3.8, 4) is 33.8 Å². The molecule has 0 heterocycles. The van der Waals surface area contributed by atoms with Gasteiger partial charge >= 0.3 is 0 Å². The Bertz CT molecular complexity index is 792. The van der Waals surface area contributed by atoms with E-state index >= 15 is 0 Å². The minimum absolute atomic E-state index is 0.237. The van der Waals surface area contributed by atoms with Crippen LogP contribution in [0.15, 0.2) is 66.7 Å². The highest BCUT2D eigenvalue weighted by atomic mass is 16.3. The summed E-state index contributed by atoms with van der Waals surface area (Å²) in [6, 6.07) is 20.8. The molecule has 0 spiro atoms. The molecule has 2 heteroatoms. The molecular weight excluding hydrogens is 272 g/mol. The monoisotopic (exact) mass is 290 g/mol. The van der Waals surface area contributed by atoms with Gasteiger partial charge in [0.1, 0.15) is 11.5 Å². The molecule has 0 aromatic heterocycles. The SMILES string of the molecule is CCc1ccc(O)c(-c2ccc(O)c(-c3ccccc3)c2)c1. The van der Waals surface area contributed by atoms with E-state index in [4.69, 9.17) is 0 Å². The van der Waals surface area contributed by atoms with E-state index in [0.717, 1.165) is 28.7 Å². The van der Waals surface area contributed by atoms with Crippen LogP contribution >= 0.6 is 0 Å². The molecular formula is C20H18O2. The molecule has 2 N–H and O–H groups in total. The molecule has 0 saturated heterocycles. The van der Waals surface area contributed by atoms with Gasteiger partial charge in [-0.05, 0) is 47.4 Å². The van der Waals surface area contributed by atoms with Crippen LogP contribution in [-0.2, 0) is 6.42 Å². The normalized spacial score (nSPS) is 10.6. The maximum absolute atomic E-state index is 10.2. The highest BCUT2D eigenvalue weighted by molar-refractivity contribution is 5.79. The second-order valence-corrected chi connectivity index (χ2v) is 5.30. The van der Waals surface area contributed by atoms with Gasteiger partial charge in [0.25, 0.3) is 0 Å². The highest BCUT2D eigenvalue weighted by Crippen LogP contribution is 2.36. The van der Waals surface area contributed by atoms with Crippen LogP contribution in [0.3, 0.4) is 0 Å². The number of benzene rings is 3. The molecule has 0 fully saturated rings. The fourth-order valence-corrected chi connectivity index (χ4v) is 2.59. The summed E-state index contributed by atoms with van der Waals surface area (Å²) in [6.07, 6.45) is 0.914. The Morgan fingerprint density at radius 3 is 2.00 bits per heavy atom. The van der Waals surface area contributed by atoms with Crippen molar-refractivity contribution < 1.29 is 10.2 Å². The summed E-state index contributed by atoms with van der Waals surface area (Å²) in [6.45, 7) is 2.09. The van der Waals surface area contributed by atoms with Gasteiger partial charge in [0.2, 0.25) is 0 Å². The zero-order valence-electron chi connectivity index (χ0n) is 12.5. The standard InChI is InChI=1S/C20H18O2/c1-2-14-8-10-19(21)17(12-14)16-9-11-20(22)18(13-16)15-6-4-3-5-7-15/h3-13,21-22H,2H2,1H3. The van der Waals surface area contributed by atoms with E-state index in [-0.39, 0.29) is 11.5 Å². The molecule has 0 unspecified atom stereocenters. The predicted octanol–water partition coefficient (Wildman–Crippen LogP) is 4.99. The van der Waals surface area contributed by atoms with Gasteiger partial charge in [0.15, 0.2) is 0 Å². The van der Waals surface area contributed by atoms with E-state index in [1.807, 2.05) is 54.6 Å². The third-order valence-corrected chi connectivity index (χ3v) is 3.86. The summed E-state index contributed by atoms with van der Waals surface area (Å²) in [5.74, 6) is 0.489. The van der Waals surface area contributed by atoms with Crippen molar-refractivity contribution in [2.45, 2.75) is 13.3 Å². The van der Waals surface area contributed by atoms with E-state index in [1.54, 1.807) is 12.1 Å². The molecule has 0 saturated carbocycles. The van der Waals surface area contributed by atoms with Crippen molar-refractivity contribution in [2.75, 3.05) is 0 Å². The van der Waals surface area contributed by atoms with Crippen LogP contribution in [0.1, 0.15) is 12.5 Å². The maximum atomic E-state index is 10.2. The predicted molar refractivity (Wildman–Crippen MR) is 90.0 cm³/mol. The van der Waals surface area contributed by atoms with Crippen LogP contribution in [0.4, 0.5) is 0 Å². The lowest BCUT2D eigenvalue weighted by Crippen LogP contribution is -1.86. The molecule has 2 nitrogen and oxygen atoms in total. The quantitative estimate of drug-likeness (QED) is 0.713. The first-order chi connectivity index (χ1) is 10.7. The second kappa shape index (κ2) is 5.94. The average molecular weight is 290 g/mol. The van der Waals surface area contributed by atoms with Crippen molar-refractivity contribution in [2.24, 2.45) is 0 Å². The van der Waals surface area contributed by atoms with Crippen LogP contribution in [0.25, 0.3) is 22.3 Å². The summed E-state index contributed by atoms with van der Waals surface area (Å²) in [5.41, 5.74) is 4.57. The van der Waals surface area contributed by atoms with Gasteiger partial charge in [-0.2, -0.15) is 0 Å². The van der Waals surface area contributed by atoms with Gasteiger partial charge in [-0.25, -0.2) is 0 Å². The largest absolute Gasteiger partial charge is 0.507 e. The van der Waals surface area contributed by atoms with Crippen molar-refractivity contribution in [3.63, 3.8) is 0 Å². The van der Waals surface area contributed by atoms with E-state index in [9.17, 15) is 10.2 Å². The fraction of sp³-hybridized carbons (Fsp3) is 0.100. The first kappa shape index (κ1) is 14.2. The Kier molecular flexibility index (Phi) is 3.84. The summed E-state index contributed by atoms with van der Waals surface area (Å²) in [4.78, 5) is 0. The first-order valence-electron chi connectivity index (χ1n) is 7.39. The molecule has 3 aromatic rings. The summed E-state index contributed by atoms with van der Waals surface area (Å²) in [7, 11) is 0. The molecule has 0 aliphatic rings. The molecule has 3 rings (SSSR count). The molecule has 0 bridgehead atoms. The van der Waals surface area contributed by atoms with E-state index < -0.39 is 0 Å². The topological polar surface area (TPSA) is 40.5 Å². The first-order valence-corrected chi connectivity index (χ1v) is 7.39. The molecule has 0 aliphatic heterocycles. The van der Waals surface area contributed by atoms with Crippen molar-refractivity contribution in [1.82, 2.24) is 0 Å². The Morgan fingerprint density at radius 1 is 0.682 bits per heavy atom. The molecule has 0 atom stereocenters. The van der Waals surface area contributed by atoms with E-state index in [2.05, 4.69) is 6.92 Å². The second-order valence-electron chi connectivity index (χ2n) is 5.30. The Labute approximate surface area is 130 Å². The summed E-state index contributed by atoms with van der Waals surface area (Å²) >= 11 is 0. The highest BCUT2D eigenvalue weighted by Gasteiger charge is 2.10. The van der Waals surface area contributed by atoms with Crippen LogP contribution < -0.4 is 0 Å². The van der Waals surface area contributed by atoms with Gasteiger partial charge in [-0.15, -0.1) is 0 Å². The number of hydrogen-bond donors (Lipinski definition) is 2. The Morgan fingerprint density at radius 2 is 1.32 bits per heavy atom. The lowest BCUT2D eigenvalue weighted by atomic mass is 9.96. The minimum Gasteiger partial charge on any atom is -0.507 e. The zero-order chi connectivity index (χ0) is 15.5. The van der Waals surface area contributed by atoms with Gasteiger partial charge in [0.05, 0.1) is 0 Å². The maximum Gasteiger partial charge on any atom is 0.123 e. The van der Waals surface area contributed by atoms with Gasteiger partial charge in [0, 0.05) is 11.1 Å². The molecule has 3 aromatic carbocycles. The number of rotatable bonds is 3. The van der Waals surface area contributed by atoms with Crippen molar-refractivity contribution in [1.29, 1.82) is 0 Å². The van der Waals surface area contributed by atoms with Crippen LogP contribution in [0.5, 0.6) is 11.5 Å². The third-order valence-electron chi connectivity index (χ3n) is 3.86. The number of phenolic OH excluding ortho intramolecular Hbond substituents is 2. The molecule has 0 aliphatic carbocycles. The number of phenols is 2.